The van der Waals surface area contributed by atoms with Crippen LogP contribution in [-0.4, -0.2) is 58.7 Å². The molecule has 6 rings (SSSR count). The van der Waals surface area contributed by atoms with E-state index in [4.69, 9.17) is 4.74 Å². The second-order valence-electron chi connectivity index (χ2n) is 9.42. The molecule has 2 aromatic carbocycles. The Morgan fingerprint density at radius 3 is 2.38 bits per heavy atom. The minimum atomic E-state index is -0.690. The molecule has 3 aromatic rings. The van der Waals surface area contributed by atoms with Gasteiger partial charge in [0.05, 0.1) is 29.8 Å². The van der Waals surface area contributed by atoms with Gasteiger partial charge < -0.3 is 9.64 Å². The van der Waals surface area contributed by atoms with Crippen molar-refractivity contribution < 1.29 is 19.1 Å². The van der Waals surface area contributed by atoms with Gasteiger partial charge in [-0.05, 0) is 24.6 Å². The van der Waals surface area contributed by atoms with Crippen LogP contribution in [0.5, 0.6) is 0 Å². The molecule has 2 saturated heterocycles. The molecule has 2 unspecified atom stereocenters. The number of amides is 3. The summed E-state index contributed by atoms with van der Waals surface area (Å²) in [5.74, 6) is -1.80. The molecule has 0 bridgehead atoms. The third-order valence-electron chi connectivity index (χ3n) is 7.16. The number of anilines is 1. The van der Waals surface area contributed by atoms with Gasteiger partial charge in [0.25, 0.3) is 0 Å². The van der Waals surface area contributed by atoms with Gasteiger partial charge in [-0.15, -0.1) is 0 Å². The highest BCUT2D eigenvalue weighted by molar-refractivity contribution is 8.00. The summed E-state index contributed by atoms with van der Waals surface area (Å²) in [6, 6.07) is 16.9. The highest BCUT2D eigenvalue weighted by Crippen LogP contribution is 2.53. The van der Waals surface area contributed by atoms with E-state index in [-0.39, 0.29) is 29.1 Å². The molecule has 37 heavy (non-hydrogen) atoms. The van der Waals surface area contributed by atoms with Crippen LogP contribution in [0.2, 0.25) is 0 Å². The SMILES string of the molecule is Cc1ccc(N2C(=O)C3Sc4c(sc(=O)n4CC(=O)N4CCOCC4)[C@@H](c4ccccc4)C3C2=O)cc1. The van der Waals surface area contributed by atoms with Crippen LogP contribution in [0, 0.1) is 12.8 Å². The molecule has 0 radical (unpaired) electrons. The number of hydrogen-bond donors (Lipinski definition) is 0. The second kappa shape index (κ2) is 9.59. The number of carbonyl (C=O) groups is 3. The zero-order chi connectivity index (χ0) is 25.7. The predicted octanol–water partition coefficient (Wildman–Crippen LogP) is 2.87. The lowest BCUT2D eigenvalue weighted by molar-refractivity contribution is -0.136. The number of hydrogen-bond acceptors (Lipinski definition) is 7. The first kappa shape index (κ1) is 24.1. The number of morpholine rings is 1. The normalized spacial score (nSPS) is 23.2. The summed E-state index contributed by atoms with van der Waals surface area (Å²) in [5, 5.41) is -0.0798. The van der Waals surface area contributed by atoms with Crippen molar-refractivity contribution in [3.05, 3.63) is 80.3 Å². The van der Waals surface area contributed by atoms with Gasteiger partial charge in [0.2, 0.25) is 17.7 Å². The van der Waals surface area contributed by atoms with Crippen LogP contribution < -0.4 is 9.77 Å². The van der Waals surface area contributed by atoms with Crippen LogP contribution in [-0.2, 0) is 25.7 Å². The summed E-state index contributed by atoms with van der Waals surface area (Å²) in [6.07, 6.45) is 0. The number of aromatic nitrogens is 1. The molecular formula is C27H25N3O5S2. The van der Waals surface area contributed by atoms with Crippen LogP contribution in [0.4, 0.5) is 5.69 Å². The van der Waals surface area contributed by atoms with Crippen molar-refractivity contribution in [2.24, 2.45) is 5.92 Å². The maximum absolute atomic E-state index is 13.8. The molecule has 8 nitrogen and oxygen atoms in total. The van der Waals surface area contributed by atoms with E-state index >= 15 is 0 Å². The lowest BCUT2D eigenvalue weighted by Gasteiger charge is -2.31. The van der Waals surface area contributed by atoms with Crippen LogP contribution in [0.15, 0.2) is 64.4 Å². The maximum Gasteiger partial charge on any atom is 0.308 e. The van der Waals surface area contributed by atoms with Crippen LogP contribution >= 0.6 is 23.1 Å². The number of rotatable bonds is 4. The first-order valence-electron chi connectivity index (χ1n) is 12.2. The van der Waals surface area contributed by atoms with Crippen molar-refractivity contribution in [3.8, 4) is 0 Å². The number of nitrogens with zero attached hydrogens (tertiary/aromatic N) is 3. The Hall–Kier alpha value is -3.21. The third-order valence-corrected chi connectivity index (χ3v) is 9.76. The quantitative estimate of drug-likeness (QED) is 0.478. The number of ether oxygens (including phenoxy) is 1. The summed E-state index contributed by atoms with van der Waals surface area (Å²) < 4.78 is 6.83. The van der Waals surface area contributed by atoms with Gasteiger partial charge in [0.1, 0.15) is 11.8 Å². The van der Waals surface area contributed by atoms with E-state index in [1.54, 1.807) is 17.0 Å². The zero-order valence-electron chi connectivity index (χ0n) is 20.2. The topological polar surface area (TPSA) is 88.9 Å². The number of fused-ring (bicyclic) bond motifs is 2. The fraction of sp³-hybridized carbons (Fsp3) is 0.333. The van der Waals surface area contributed by atoms with Gasteiger partial charge in [0.15, 0.2) is 0 Å². The van der Waals surface area contributed by atoms with Crippen LogP contribution in [0.25, 0.3) is 0 Å². The van der Waals surface area contributed by atoms with Gasteiger partial charge in [0, 0.05) is 23.9 Å². The van der Waals surface area contributed by atoms with E-state index < -0.39 is 17.1 Å². The van der Waals surface area contributed by atoms with Gasteiger partial charge in [-0.1, -0.05) is 71.1 Å². The fourth-order valence-corrected chi connectivity index (χ4v) is 8.04. The number of thiazole rings is 1. The molecule has 2 fully saturated rings. The molecule has 190 valence electrons. The Kier molecular flexibility index (Phi) is 6.26. The molecule has 3 atom stereocenters. The van der Waals surface area contributed by atoms with Gasteiger partial charge >= 0.3 is 4.87 Å². The highest BCUT2D eigenvalue weighted by atomic mass is 32.2. The Morgan fingerprint density at radius 2 is 1.68 bits per heavy atom. The van der Waals surface area contributed by atoms with Crippen molar-refractivity contribution in [3.63, 3.8) is 0 Å². The molecule has 10 heteroatoms. The molecule has 4 heterocycles. The molecule has 0 N–H and O–H groups in total. The summed E-state index contributed by atoms with van der Waals surface area (Å²) in [4.78, 5) is 57.3. The molecule has 1 aromatic heterocycles. The summed E-state index contributed by atoms with van der Waals surface area (Å²) in [6.45, 7) is 3.78. The lowest BCUT2D eigenvalue weighted by atomic mass is 9.83. The Morgan fingerprint density at radius 1 is 0.973 bits per heavy atom. The molecule has 0 saturated carbocycles. The van der Waals surface area contributed by atoms with E-state index in [2.05, 4.69) is 0 Å². The van der Waals surface area contributed by atoms with Crippen LogP contribution in [0.1, 0.15) is 21.9 Å². The third kappa shape index (κ3) is 4.13. The average molecular weight is 536 g/mol. The van der Waals surface area contributed by atoms with E-state index in [1.807, 2.05) is 49.4 Å². The smallest absolute Gasteiger partial charge is 0.308 e. The number of carbonyl (C=O) groups excluding carboxylic acids is 3. The van der Waals surface area contributed by atoms with Gasteiger partial charge in [-0.3, -0.25) is 23.7 Å². The number of aryl methyl sites for hydroxylation is 1. The minimum Gasteiger partial charge on any atom is -0.378 e. The highest BCUT2D eigenvalue weighted by Gasteiger charge is 2.56. The maximum atomic E-state index is 13.8. The average Bonchev–Trinajstić information content (AvgIpc) is 3.36. The van der Waals surface area contributed by atoms with E-state index in [0.29, 0.717) is 37.0 Å². The molecule has 0 spiro atoms. The Labute approximate surface area is 221 Å². The largest absolute Gasteiger partial charge is 0.378 e. The van der Waals surface area contributed by atoms with Crippen molar-refractivity contribution in [1.82, 2.24) is 9.47 Å². The summed E-state index contributed by atoms with van der Waals surface area (Å²) in [7, 11) is 0. The summed E-state index contributed by atoms with van der Waals surface area (Å²) in [5.41, 5.74) is 2.46. The first-order chi connectivity index (χ1) is 17.9. The van der Waals surface area contributed by atoms with Crippen molar-refractivity contribution >= 4 is 46.5 Å². The van der Waals surface area contributed by atoms with Crippen molar-refractivity contribution in [2.45, 2.75) is 29.7 Å². The first-order valence-corrected chi connectivity index (χ1v) is 13.9. The van der Waals surface area contributed by atoms with Gasteiger partial charge in [-0.25, -0.2) is 4.90 Å². The summed E-state index contributed by atoms with van der Waals surface area (Å²) >= 11 is 2.31. The second-order valence-corrected chi connectivity index (χ2v) is 11.5. The molecule has 3 aliphatic heterocycles. The number of benzene rings is 2. The van der Waals surface area contributed by atoms with E-state index in [0.717, 1.165) is 27.3 Å². The minimum absolute atomic E-state index is 0.0968. The molecular weight excluding hydrogens is 510 g/mol. The molecule has 0 aliphatic carbocycles. The van der Waals surface area contributed by atoms with Crippen molar-refractivity contribution in [2.75, 3.05) is 31.2 Å². The van der Waals surface area contributed by atoms with Crippen molar-refractivity contribution in [1.29, 1.82) is 0 Å². The molecule has 3 aliphatic rings. The van der Waals surface area contributed by atoms with Gasteiger partial charge in [-0.2, -0.15) is 0 Å². The number of imide groups is 1. The predicted molar refractivity (Wildman–Crippen MR) is 141 cm³/mol. The zero-order valence-corrected chi connectivity index (χ0v) is 21.8. The Bertz CT molecular complexity index is 1430. The Balaban J connectivity index is 1.42. The monoisotopic (exact) mass is 535 g/mol. The number of thioether (sulfide) groups is 1. The van der Waals surface area contributed by atoms with Crippen LogP contribution in [0.3, 0.4) is 0 Å². The molecule has 3 amide bonds. The van der Waals surface area contributed by atoms with E-state index in [9.17, 15) is 19.2 Å². The lowest BCUT2D eigenvalue weighted by Crippen LogP contribution is -2.43. The van der Waals surface area contributed by atoms with E-state index in [1.165, 1.54) is 21.2 Å². The fourth-order valence-electron chi connectivity index (χ4n) is 5.27. The standard InChI is InChI=1S/C27H25N3O5S2/c1-16-7-9-18(10-8-16)30-24(32)21-20(17-5-3-2-4-6-17)23-26(36-22(21)25(30)33)29(27(34)37-23)15-19(31)28-11-13-35-14-12-28/h2-10,20-22H,11-15H2,1H3/t20-,21?,22?/m0/s1.